The van der Waals surface area contributed by atoms with Crippen molar-refractivity contribution in [1.29, 1.82) is 0 Å². The first-order valence-corrected chi connectivity index (χ1v) is 8.31. The van der Waals surface area contributed by atoms with Gasteiger partial charge in [-0.1, -0.05) is 17.7 Å². The normalized spacial score (nSPS) is 38.3. The van der Waals surface area contributed by atoms with E-state index in [0.717, 1.165) is 5.92 Å². The number of carbonyl (C=O) groups excluding carboxylic acids is 1. The summed E-state index contributed by atoms with van der Waals surface area (Å²) in [5, 5.41) is 0. The molecule has 1 aromatic rings. The smallest absolute Gasteiger partial charge is 0.149 e. The van der Waals surface area contributed by atoms with E-state index in [2.05, 4.69) is 31.2 Å². The van der Waals surface area contributed by atoms with Crippen LogP contribution in [0.5, 0.6) is 0 Å². The molecular weight excluding hydrogens is 252 g/mol. The van der Waals surface area contributed by atoms with Crippen molar-refractivity contribution < 1.29 is 4.79 Å². The molecule has 1 spiro atoms. The molecule has 1 nitrogen and oxygen atoms in total. The number of Topliss-reactive ketones (excluding diaryl/α,β-unsaturated/α-hetero) is 1. The Morgan fingerprint density at radius 3 is 2.47 bits per heavy atom. The summed E-state index contributed by atoms with van der Waals surface area (Å²) in [5.74, 6) is 2.08. The molecule has 0 atom stereocenters. The Hall–Kier alpha value is -0.760. The zero-order valence-electron chi connectivity index (χ0n) is 11.4. The van der Waals surface area contributed by atoms with E-state index >= 15 is 0 Å². The van der Waals surface area contributed by atoms with Gasteiger partial charge in [0.2, 0.25) is 0 Å². The number of thioether (sulfide) groups is 1. The third-order valence-corrected chi connectivity index (χ3v) is 6.54. The van der Waals surface area contributed by atoms with Crippen LogP contribution in [0.25, 0.3) is 0 Å². The van der Waals surface area contributed by atoms with Crippen LogP contribution in [0.15, 0.2) is 29.2 Å². The van der Waals surface area contributed by atoms with Crippen molar-refractivity contribution >= 4 is 17.5 Å². The zero-order valence-corrected chi connectivity index (χ0v) is 12.3. The van der Waals surface area contributed by atoms with E-state index in [4.69, 9.17) is 0 Å². The monoisotopic (exact) mass is 272 g/mol. The fraction of sp³-hybridized carbons (Fsp3) is 0.588. The predicted molar refractivity (Wildman–Crippen MR) is 78.4 cm³/mol. The van der Waals surface area contributed by atoms with Gasteiger partial charge in [-0.2, -0.15) is 0 Å². The van der Waals surface area contributed by atoms with Crippen LogP contribution in [0, 0.1) is 23.7 Å². The van der Waals surface area contributed by atoms with Gasteiger partial charge in [-0.3, -0.25) is 4.79 Å². The summed E-state index contributed by atoms with van der Waals surface area (Å²) in [6.07, 6.45) is 6.47. The number of aryl methyl sites for hydroxylation is 1. The summed E-state index contributed by atoms with van der Waals surface area (Å²) < 4.78 is 0. The Balaban J connectivity index is 1.39. The van der Waals surface area contributed by atoms with Crippen molar-refractivity contribution in [2.45, 2.75) is 43.9 Å². The SMILES string of the molecule is Cc1ccc(SCC(=O)C23CC4CC(C4)(C2)C3)cc1. The largest absolute Gasteiger partial charge is 0.298 e. The highest BCUT2D eigenvalue weighted by atomic mass is 32.2. The average molecular weight is 272 g/mol. The Morgan fingerprint density at radius 2 is 1.89 bits per heavy atom. The van der Waals surface area contributed by atoms with Crippen LogP contribution >= 0.6 is 11.8 Å². The minimum atomic E-state index is 0.110. The minimum Gasteiger partial charge on any atom is -0.298 e. The molecule has 0 unspecified atom stereocenters. The second kappa shape index (κ2) is 3.88. The highest BCUT2D eigenvalue weighted by Crippen LogP contribution is 2.75. The Morgan fingerprint density at radius 1 is 1.21 bits per heavy atom. The maximum atomic E-state index is 12.5. The third kappa shape index (κ3) is 1.79. The molecule has 3 bridgehead atoms. The van der Waals surface area contributed by atoms with Gasteiger partial charge in [0.05, 0.1) is 5.75 Å². The molecule has 100 valence electrons. The molecule has 5 fully saturated rings. The van der Waals surface area contributed by atoms with Crippen LogP contribution in [0.3, 0.4) is 0 Å². The van der Waals surface area contributed by atoms with E-state index in [9.17, 15) is 4.79 Å². The van der Waals surface area contributed by atoms with Crippen LogP contribution in [0.4, 0.5) is 0 Å². The topological polar surface area (TPSA) is 17.1 Å². The number of benzene rings is 1. The molecule has 0 N–H and O–H groups in total. The first kappa shape index (κ1) is 12.0. The summed E-state index contributed by atoms with van der Waals surface area (Å²) in [4.78, 5) is 13.8. The molecule has 19 heavy (non-hydrogen) atoms. The number of hydrogen-bond donors (Lipinski definition) is 0. The average Bonchev–Trinajstić information content (AvgIpc) is 2.35. The second-order valence-electron chi connectivity index (χ2n) is 7.14. The van der Waals surface area contributed by atoms with Crippen LogP contribution < -0.4 is 0 Å². The van der Waals surface area contributed by atoms with Crippen molar-refractivity contribution in [1.82, 2.24) is 0 Å². The summed E-state index contributed by atoms with van der Waals surface area (Å²) >= 11 is 1.72. The first-order valence-electron chi connectivity index (χ1n) is 7.32. The number of carbonyl (C=O) groups is 1. The molecule has 0 amide bonds. The zero-order chi connectivity index (χ0) is 13.1. The first-order chi connectivity index (χ1) is 9.09. The standard InChI is InChI=1S/C17H20OS/c1-12-2-4-14(5-3-12)19-9-15(18)17-8-13-6-16(7-13,10-17)11-17/h2-5,13H,6-11H2,1H3. The summed E-state index contributed by atoms with van der Waals surface area (Å²) in [7, 11) is 0. The highest BCUT2D eigenvalue weighted by Gasteiger charge is 2.68. The third-order valence-electron chi connectivity index (χ3n) is 5.53. The van der Waals surface area contributed by atoms with Gasteiger partial charge in [0.25, 0.3) is 0 Å². The number of hydrogen-bond acceptors (Lipinski definition) is 2. The molecule has 0 radical (unpaired) electrons. The quantitative estimate of drug-likeness (QED) is 0.763. The lowest BCUT2D eigenvalue weighted by Crippen LogP contribution is -2.64. The molecule has 0 saturated heterocycles. The van der Waals surface area contributed by atoms with Crippen LogP contribution in [0.2, 0.25) is 0 Å². The molecule has 5 aliphatic rings. The molecule has 5 aliphatic carbocycles. The molecule has 5 saturated carbocycles. The van der Waals surface area contributed by atoms with Crippen LogP contribution in [-0.2, 0) is 4.79 Å². The Bertz CT molecular complexity index is 511. The second-order valence-corrected chi connectivity index (χ2v) is 8.19. The van der Waals surface area contributed by atoms with Gasteiger partial charge in [0.15, 0.2) is 0 Å². The van der Waals surface area contributed by atoms with Gasteiger partial charge in [-0.05, 0) is 62.5 Å². The fourth-order valence-corrected chi connectivity index (χ4v) is 5.86. The number of ketones is 1. The lowest BCUT2D eigenvalue weighted by molar-refractivity contribution is -0.206. The van der Waals surface area contributed by atoms with Gasteiger partial charge in [-0.25, -0.2) is 0 Å². The molecule has 2 heteroatoms. The van der Waals surface area contributed by atoms with E-state index in [1.807, 2.05) is 0 Å². The molecule has 0 aliphatic heterocycles. The van der Waals surface area contributed by atoms with Gasteiger partial charge in [0, 0.05) is 10.3 Å². The minimum absolute atomic E-state index is 0.110. The fourth-order valence-electron chi connectivity index (χ4n) is 4.93. The molecule has 0 aromatic heterocycles. The van der Waals surface area contributed by atoms with Gasteiger partial charge >= 0.3 is 0 Å². The van der Waals surface area contributed by atoms with Crippen LogP contribution in [0.1, 0.15) is 37.7 Å². The Labute approximate surface area is 119 Å². The van der Waals surface area contributed by atoms with Gasteiger partial charge in [0.1, 0.15) is 5.78 Å². The molecule has 6 rings (SSSR count). The lowest BCUT2D eigenvalue weighted by Gasteiger charge is -2.70. The summed E-state index contributed by atoms with van der Waals surface area (Å²) in [6.45, 7) is 2.10. The molecule has 0 heterocycles. The lowest BCUT2D eigenvalue weighted by atomic mass is 9.33. The van der Waals surface area contributed by atoms with E-state index in [1.54, 1.807) is 11.8 Å². The molecule has 1 aromatic carbocycles. The number of rotatable bonds is 4. The van der Waals surface area contributed by atoms with E-state index in [1.165, 1.54) is 42.6 Å². The van der Waals surface area contributed by atoms with Gasteiger partial charge in [-0.15, -0.1) is 11.8 Å². The van der Waals surface area contributed by atoms with Gasteiger partial charge < -0.3 is 0 Å². The maximum Gasteiger partial charge on any atom is 0.149 e. The van der Waals surface area contributed by atoms with E-state index in [0.29, 0.717) is 17.0 Å². The maximum absolute atomic E-state index is 12.5. The van der Waals surface area contributed by atoms with Crippen molar-refractivity contribution in [3.8, 4) is 0 Å². The summed E-state index contributed by atoms with van der Waals surface area (Å²) in [6, 6.07) is 8.51. The highest BCUT2D eigenvalue weighted by molar-refractivity contribution is 8.00. The summed E-state index contributed by atoms with van der Waals surface area (Å²) in [5.41, 5.74) is 2.02. The van der Waals surface area contributed by atoms with E-state index in [-0.39, 0.29) is 5.41 Å². The molecular formula is C17H20OS. The predicted octanol–water partition coefficient (Wildman–Crippen LogP) is 4.24. The van der Waals surface area contributed by atoms with E-state index < -0.39 is 0 Å². The van der Waals surface area contributed by atoms with Crippen molar-refractivity contribution in [3.05, 3.63) is 29.8 Å². The van der Waals surface area contributed by atoms with Crippen molar-refractivity contribution in [3.63, 3.8) is 0 Å². The van der Waals surface area contributed by atoms with Crippen LogP contribution in [-0.4, -0.2) is 11.5 Å². The Kier molecular flexibility index (Phi) is 2.45. The van der Waals surface area contributed by atoms with Crippen molar-refractivity contribution in [2.75, 3.05) is 5.75 Å². The van der Waals surface area contributed by atoms with Crippen molar-refractivity contribution in [2.24, 2.45) is 16.7 Å².